The van der Waals surface area contributed by atoms with Crippen molar-refractivity contribution in [1.82, 2.24) is 0 Å². The fourth-order valence-electron chi connectivity index (χ4n) is 0.297. The number of hydrogen-bond acceptors (Lipinski definition) is 4. The molecule has 9 heavy (non-hydrogen) atoms. The number of carbonyl (C=O) groups is 1. The zero-order valence-corrected chi connectivity index (χ0v) is 8.59. The Morgan fingerprint density at radius 1 is 1.67 bits per heavy atom. The van der Waals surface area contributed by atoms with E-state index in [-0.39, 0.29) is 64.4 Å². The Morgan fingerprint density at radius 3 is 2.22 bits per heavy atom. The van der Waals surface area contributed by atoms with Crippen molar-refractivity contribution in [2.45, 2.75) is 12.5 Å². The van der Waals surface area contributed by atoms with E-state index >= 15 is 0 Å². The van der Waals surface area contributed by atoms with Crippen molar-refractivity contribution in [2.24, 2.45) is 11.5 Å². The van der Waals surface area contributed by atoms with Crippen LogP contribution in [0.5, 0.6) is 0 Å². The van der Waals surface area contributed by atoms with Crippen molar-refractivity contribution in [3.8, 4) is 0 Å². The van der Waals surface area contributed by atoms with Gasteiger partial charge in [-0.15, -0.1) is 0 Å². The second-order valence-electron chi connectivity index (χ2n) is 1.50. The van der Waals surface area contributed by atoms with Gasteiger partial charge in [0.2, 0.25) is 0 Å². The van der Waals surface area contributed by atoms with E-state index in [9.17, 15) is 9.90 Å². The summed E-state index contributed by atoms with van der Waals surface area (Å²) < 4.78 is 0. The number of carbonyl (C=O) groups excluding carboxylic acids is 1. The molecule has 0 aliphatic carbocycles. The molecule has 4 nitrogen and oxygen atoms in total. The third kappa shape index (κ3) is 6.92. The Morgan fingerprint density at radius 2 is 2.11 bits per heavy atom. The van der Waals surface area contributed by atoms with Crippen LogP contribution in [0.1, 0.15) is 6.42 Å². The topological polar surface area (TPSA) is 92.2 Å². The van der Waals surface area contributed by atoms with Crippen LogP contribution in [0.3, 0.4) is 0 Å². The van der Waals surface area contributed by atoms with Gasteiger partial charge in [-0.2, -0.15) is 0 Å². The molecule has 0 heterocycles. The van der Waals surface area contributed by atoms with Gasteiger partial charge in [0, 0.05) is 6.04 Å². The second kappa shape index (κ2) is 7.14. The zero-order chi connectivity index (χ0) is 6.57. The molecule has 0 saturated heterocycles. The first-order valence-corrected chi connectivity index (χ1v) is 2.35. The van der Waals surface area contributed by atoms with Crippen LogP contribution in [0.15, 0.2) is 0 Å². The summed E-state index contributed by atoms with van der Waals surface area (Å²) in [6.45, 7) is 0.287. The first kappa shape index (κ1) is 12.7. The molecule has 1 unspecified atom stereocenters. The molecule has 5 heteroatoms. The molecule has 0 aromatic carbocycles. The average Bonchev–Trinajstić information content (AvgIpc) is 1.67. The van der Waals surface area contributed by atoms with E-state index in [1.807, 2.05) is 0 Å². The van der Waals surface area contributed by atoms with E-state index in [0.29, 0.717) is 0 Å². The largest absolute Gasteiger partial charge is 1.00 e. The van der Waals surface area contributed by atoms with E-state index in [4.69, 9.17) is 11.5 Å². The molecule has 0 saturated carbocycles. The smallest absolute Gasteiger partial charge is 0.548 e. The summed E-state index contributed by atoms with van der Waals surface area (Å²) in [5, 5.41) is 9.80. The van der Waals surface area contributed by atoms with E-state index in [0.717, 1.165) is 0 Å². The maximum atomic E-state index is 9.80. The average molecular weight is 156 g/mol. The molecule has 0 aliphatic heterocycles. The predicted molar refractivity (Wildman–Crippen MR) is 26.7 cm³/mol. The summed E-state index contributed by atoms with van der Waals surface area (Å²) in [4.78, 5) is 9.80. The molecule has 0 spiro atoms. The molecule has 0 aromatic rings. The molecule has 0 bridgehead atoms. The second-order valence-corrected chi connectivity index (χ2v) is 1.50. The molecule has 0 amide bonds. The third-order valence-corrected chi connectivity index (χ3v) is 0.780. The molecule has 0 aliphatic rings. The van der Waals surface area contributed by atoms with Gasteiger partial charge in [-0.25, -0.2) is 0 Å². The standard InChI is InChI=1S/C4H10N2O2.K/c5-2-1-3(6)4(7)8;/h3H,1-2,5-6H2,(H,7,8);/q;+1/p-1. The van der Waals surface area contributed by atoms with Gasteiger partial charge in [0.05, 0.1) is 5.97 Å². The first-order valence-electron chi connectivity index (χ1n) is 2.35. The molecule has 48 valence electrons. The van der Waals surface area contributed by atoms with E-state index in [1.54, 1.807) is 0 Å². The monoisotopic (exact) mass is 156 g/mol. The fraction of sp³-hybridized carbons (Fsp3) is 0.750. The molecule has 0 rings (SSSR count). The predicted octanol–water partition coefficient (Wildman–Crippen LogP) is -5.58. The minimum Gasteiger partial charge on any atom is -0.548 e. The molecule has 0 fully saturated rings. The summed E-state index contributed by atoms with van der Waals surface area (Å²) in [5.41, 5.74) is 9.98. The van der Waals surface area contributed by atoms with Gasteiger partial charge in [-0.1, -0.05) is 0 Å². The van der Waals surface area contributed by atoms with Crippen molar-refractivity contribution >= 4 is 5.97 Å². The van der Waals surface area contributed by atoms with Crippen LogP contribution in [0.25, 0.3) is 0 Å². The maximum Gasteiger partial charge on any atom is 1.00 e. The van der Waals surface area contributed by atoms with E-state index in [2.05, 4.69) is 0 Å². The minimum absolute atomic E-state index is 0. The summed E-state index contributed by atoms with van der Waals surface area (Å²) in [5.74, 6) is -1.24. The molecule has 0 radical (unpaired) electrons. The van der Waals surface area contributed by atoms with Crippen LogP contribution in [0.4, 0.5) is 0 Å². The number of nitrogens with two attached hydrogens (primary N) is 2. The Hall–Kier alpha value is 1.03. The van der Waals surface area contributed by atoms with Gasteiger partial charge in [0.15, 0.2) is 0 Å². The summed E-state index contributed by atoms with van der Waals surface area (Å²) >= 11 is 0. The van der Waals surface area contributed by atoms with Gasteiger partial charge >= 0.3 is 51.4 Å². The van der Waals surface area contributed by atoms with Crippen molar-refractivity contribution in [2.75, 3.05) is 6.54 Å². The fourth-order valence-corrected chi connectivity index (χ4v) is 0.297. The van der Waals surface area contributed by atoms with Crippen molar-refractivity contribution in [3.05, 3.63) is 0 Å². The Labute approximate surface area is 96.4 Å². The van der Waals surface area contributed by atoms with Crippen molar-refractivity contribution < 1.29 is 61.3 Å². The van der Waals surface area contributed by atoms with Gasteiger partial charge in [-0.05, 0) is 13.0 Å². The van der Waals surface area contributed by atoms with Crippen LogP contribution in [-0.4, -0.2) is 18.6 Å². The zero-order valence-electron chi connectivity index (χ0n) is 5.46. The normalized spacial score (nSPS) is 11.8. The Balaban J connectivity index is 0. The first-order chi connectivity index (χ1) is 3.68. The van der Waals surface area contributed by atoms with E-state index < -0.39 is 12.0 Å². The summed E-state index contributed by atoms with van der Waals surface area (Å²) in [6, 6.07) is -0.903. The Kier molecular flexibility index (Phi) is 10.1. The minimum atomic E-state index is -1.24. The van der Waals surface area contributed by atoms with Gasteiger partial charge in [-0.3, -0.25) is 0 Å². The Bertz CT molecular complexity index is 88.6. The molecule has 4 N–H and O–H groups in total. The van der Waals surface area contributed by atoms with Crippen molar-refractivity contribution in [1.29, 1.82) is 0 Å². The van der Waals surface area contributed by atoms with Crippen LogP contribution in [0, 0.1) is 0 Å². The number of rotatable bonds is 3. The number of aliphatic carboxylic acids is 1. The van der Waals surface area contributed by atoms with Gasteiger partial charge in [0.25, 0.3) is 0 Å². The number of carboxylic acids is 1. The molecule has 0 aromatic heterocycles. The van der Waals surface area contributed by atoms with Crippen LogP contribution in [0.2, 0.25) is 0 Å². The van der Waals surface area contributed by atoms with Crippen LogP contribution in [-0.2, 0) is 4.79 Å². The van der Waals surface area contributed by atoms with Gasteiger partial charge in [0.1, 0.15) is 0 Å². The number of hydrogen-bond donors (Lipinski definition) is 2. The van der Waals surface area contributed by atoms with E-state index in [1.165, 1.54) is 0 Å². The quantitative estimate of drug-likeness (QED) is 0.398. The SMILES string of the molecule is NCCC(N)C(=O)[O-].[K+]. The summed E-state index contributed by atoms with van der Waals surface area (Å²) in [6.07, 6.45) is 0.280. The van der Waals surface area contributed by atoms with Crippen molar-refractivity contribution in [3.63, 3.8) is 0 Å². The van der Waals surface area contributed by atoms with Gasteiger partial charge < -0.3 is 21.4 Å². The molecule has 1 atom stereocenters. The third-order valence-electron chi connectivity index (χ3n) is 0.780. The number of carboxylic acid groups (broad SMARTS) is 1. The maximum absolute atomic E-state index is 9.80. The molecular formula is C4H9KN2O2. The molecular weight excluding hydrogens is 147 g/mol. The summed E-state index contributed by atoms with van der Waals surface area (Å²) in [7, 11) is 0. The van der Waals surface area contributed by atoms with Crippen LogP contribution < -0.4 is 68.0 Å². The van der Waals surface area contributed by atoms with Crippen LogP contribution >= 0.6 is 0 Å².